The largest absolute Gasteiger partial charge is 0.481 e. The zero-order chi connectivity index (χ0) is 28.9. The number of aromatic amines is 1. The molecule has 39 heavy (non-hydrogen) atoms. The first-order valence-electron chi connectivity index (χ1n) is 12.6. The van der Waals surface area contributed by atoms with Crippen molar-refractivity contribution in [3.63, 3.8) is 0 Å². The fourth-order valence-corrected chi connectivity index (χ4v) is 3.81. The van der Waals surface area contributed by atoms with Gasteiger partial charge in [0.25, 0.3) is 0 Å². The van der Waals surface area contributed by atoms with Gasteiger partial charge in [0.2, 0.25) is 17.7 Å². The zero-order valence-corrected chi connectivity index (χ0v) is 21.9. The van der Waals surface area contributed by atoms with Gasteiger partial charge in [0, 0.05) is 31.2 Å². The highest BCUT2D eigenvalue weighted by Gasteiger charge is 2.31. The van der Waals surface area contributed by atoms with E-state index < -0.39 is 53.8 Å². The lowest BCUT2D eigenvalue weighted by molar-refractivity contribution is -0.142. The van der Waals surface area contributed by atoms with E-state index >= 15 is 0 Å². The van der Waals surface area contributed by atoms with E-state index in [9.17, 15) is 29.1 Å². The van der Waals surface area contributed by atoms with Crippen LogP contribution in [-0.2, 0) is 36.8 Å². The second-order valence-electron chi connectivity index (χ2n) is 9.66. The Labute approximate surface area is 226 Å². The molecule has 1 aromatic heterocycles. The number of nitrogens with two attached hydrogens (primary N) is 1. The number of rotatable bonds is 16. The highest BCUT2D eigenvalue weighted by atomic mass is 16.4. The molecule has 0 spiro atoms. The van der Waals surface area contributed by atoms with Crippen molar-refractivity contribution in [2.75, 3.05) is 0 Å². The third-order valence-corrected chi connectivity index (χ3v) is 5.86. The third-order valence-electron chi connectivity index (χ3n) is 5.86. The maximum Gasteiger partial charge on any atom is 0.326 e. The SMILES string of the molecule is CC(C)CC(NC(=O)C(Cc1ccccc1)NC(=O)C(N)CCC(=O)O)C(=O)NC(Cc1cnc[nH]1)C(=O)O. The molecule has 0 bridgehead atoms. The number of hydrogen-bond donors (Lipinski definition) is 7. The van der Waals surface area contributed by atoms with E-state index in [1.54, 1.807) is 30.3 Å². The molecular formula is C26H36N6O7. The summed E-state index contributed by atoms with van der Waals surface area (Å²) in [6.45, 7) is 3.69. The van der Waals surface area contributed by atoms with Gasteiger partial charge in [-0.15, -0.1) is 0 Å². The van der Waals surface area contributed by atoms with Gasteiger partial charge < -0.3 is 36.9 Å². The van der Waals surface area contributed by atoms with Crippen molar-refractivity contribution >= 4 is 29.7 Å². The van der Waals surface area contributed by atoms with Gasteiger partial charge in [-0.2, -0.15) is 0 Å². The Morgan fingerprint density at radius 1 is 0.897 bits per heavy atom. The van der Waals surface area contributed by atoms with E-state index in [0.29, 0.717) is 5.69 Å². The molecule has 1 aromatic carbocycles. The monoisotopic (exact) mass is 544 g/mol. The number of benzene rings is 1. The van der Waals surface area contributed by atoms with Gasteiger partial charge in [0.05, 0.1) is 12.4 Å². The van der Waals surface area contributed by atoms with Crippen molar-refractivity contribution < 1.29 is 34.2 Å². The van der Waals surface area contributed by atoms with Crippen LogP contribution in [0.2, 0.25) is 0 Å². The Balaban J connectivity index is 2.19. The molecule has 4 unspecified atom stereocenters. The highest BCUT2D eigenvalue weighted by molar-refractivity contribution is 5.94. The van der Waals surface area contributed by atoms with E-state index in [4.69, 9.17) is 10.8 Å². The molecule has 0 fully saturated rings. The summed E-state index contributed by atoms with van der Waals surface area (Å²) >= 11 is 0. The first-order valence-corrected chi connectivity index (χ1v) is 12.6. The first kappa shape index (κ1) is 31.0. The van der Waals surface area contributed by atoms with Crippen LogP contribution in [0.1, 0.15) is 44.4 Å². The number of aromatic nitrogens is 2. The smallest absolute Gasteiger partial charge is 0.326 e. The van der Waals surface area contributed by atoms with Gasteiger partial charge in [-0.05, 0) is 24.3 Å². The molecule has 13 heteroatoms. The lowest BCUT2D eigenvalue weighted by Gasteiger charge is -2.26. The number of aliphatic carboxylic acids is 2. The molecule has 3 amide bonds. The summed E-state index contributed by atoms with van der Waals surface area (Å²) in [7, 11) is 0. The van der Waals surface area contributed by atoms with Crippen LogP contribution in [-0.4, -0.2) is 74.0 Å². The zero-order valence-electron chi connectivity index (χ0n) is 21.9. The molecule has 1 heterocycles. The van der Waals surface area contributed by atoms with Crippen LogP contribution in [0.3, 0.4) is 0 Å². The predicted octanol–water partition coefficient (Wildman–Crippen LogP) is -0.0279. The summed E-state index contributed by atoms with van der Waals surface area (Å²) in [4.78, 5) is 68.5. The summed E-state index contributed by atoms with van der Waals surface area (Å²) in [6, 6.07) is 4.23. The lowest BCUT2D eigenvalue weighted by atomic mass is 10.00. The maximum absolute atomic E-state index is 13.4. The van der Waals surface area contributed by atoms with E-state index in [1.807, 2.05) is 13.8 Å². The average molecular weight is 545 g/mol. The molecule has 0 saturated carbocycles. The van der Waals surface area contributed by atoms with E-state index in [-0.39, 0.29) is 38.0 Å². The molecule has 2 rings (SSSR count). The van der Waals surface area contributed by atoms with Crippen LogP contribution < -0.4 is 21.7 Å². The average Bonchev–Trinajstić information content (AvgIpc) is 3.39. The Kier molecular flexibility index (Phi) is 12.1. The van der Waals surface area contributed by atoms with Crippen molar-refractivity contribution in [1.29, 1.82) is 0 Å². The van der Waals surface area contributed by atoms with Gasteiger partial charge in [-0.25, -0.2) is 9.78 Å². The van der Waals surface area contributed by atoms with Gasteiger partial charge in [0.15, 0.2) is 0 Å². The summed E-state index contributed by atoms with van der Waals surface area (Å²) < 4.78 is 0. The second kappa shape index (κ2) is 15.2. The number of carboxylic acid groups (broad SMARTS) is 2. The minimum Gasteiger partial charge on any atom is -0.481 e. The van der Waals surface area contributed by atoms with E-state index in [0.717, 1.165) is 5.56 Å². The number of amides is 3. The van der Waals surface area contributed by atoms with Crippen LogP contribution in [0.25, 0.3) is 0 Å². The summed E-state index contributed by atoms with van der Waals surface area (Å²) in [5.41, 5.74) is 7.07. The fraction of sp³-hybridized carbons (Fsp3) is 0.462. The topological polar surface area (TPSA) is 217 Å². The number of nitrogens with zero attached hydrogens (tertiary/aromatic N) is 1. The third kappa shape index (κ3) is 10.9. The standard InChI is InChI=1S/C26H36N6O7/c1-15(2)10-19(24(36)32-21(26(38)39)12-17-13-28-14-29-17)31-25(37)20(11-16-6-4-3-5-7-16)30-23(35)18(27)8-9-22(33)34/h3-7,13-15,18-21H,8-12,27H2,1-2H3,(H,28,29)(H,30,35)(H,31,37)(H,32,36)(H,33,34)(H,38,39). The van der Waals surface area contributed by atoms with Crippen molar-refractivity contribution in [3.05, 3.63) is 54.1 Å². The number of hydrogen-bond acceptors (Lipinski definition) is 7. The molecule has 212 valence electrons. The second-order valence-corrected chi connectivity index (χ2v) is 9.66. The molecular weight excluding hydrogens is 508 g/mol. The number of carbonyl (C=O) groups excluding carboxylic acids is 3. The van der Waals surface area contributed by atoms with Gasteiger partial charge in [-0.1, -0.05) is 44.2 Å². The predicted molar refractivity (Wildman–Crippen MR) is 140 cm³/mol. The van der Waals surface area contributed by atoms with Crippen LogP contribution in [0.4, 0.5) is 0 Å². The number of nitrogens with one attached hydrogen (secondary N) is 4. The van der Waals surface area contributed by atoms with Gasteiger partial charge in [-0.3, -0.25) is 19.2 Å². The van der Waals surface area contributed by atoms with Crippen molar-refractivity contribution in [1.82, 2.24) is 25.9 Å². The molecule has 13 nitrogen and oxygen atoms in total. The highest BCUT2D eigenvalue weighted by Crippen LogP contribution is 2.10. The molecule has 0 aliphatic rings. The van der Waals surface area contributed by atoms with Crippen molar-refractivity contribution in [3.8, 4) is 0 Å². The van der Waals surface area contributed by atoms with Crippen LogP contribution in [0.5, 0.6) is 0 Å². The van der Waals surface area contributed by atoms with Crippen molar-refractivity contribution in [2.45, 2.75) is 70.1 Å². The molecule has 0 saturated heterocycles. The minimum atomic E-state index is -1.27. The number of imidazole rings is 1. The first-order chi connectivity index (χ1) is 18.5. The van der Waals surface area contributed by atoms with Crippen LogP contribution in [0.15, 0.2) is 42.9 Å². The summed E-state index contributed by atoms with van der Waals surface area (Å²) in [5, 5.41) is 26.2. The summed E-state index contributed by atoms with van der Waals surface area (Å²) in [6.07, 6.45) is 2.66. The Morgan fingerprint density at radius 2 is 1.51 bits per heavy atom. The fourth-order valence-electron chi connectivity index (χ4n) is 3.81. The lowest BCUT2D eigenvalue weighted by Crippen LogP contribution is -2.58. The molecule has 8 N–H and O–H groups in total. The molecule has 4 atom stereocenters. The Morgan fingerprint density at radius 3 is 2.08 bits per heavy atom. The van der Waals surface area contributed by atoms with Gasteiger partial charge in [0.1, 0.15) is 18.1 Å². The van der Waals surface area contributed by atoms with Crippen LogP contribution in [0, 0.1) is 5.92 Å². The number of carboxylic acids is 2. The van der Waals surface area contributed by atoms with Crippen molar-refractivity contribution in [2.24, 2.45) is 11.7 Å². The molecule has 0 aliphatic carbocycles. The molecule has 2 aromatic rings. The van der Waals surface area contributed by atoms with E-state index in [1.165, 1.54) is 12.5 Å². The minimum absolute atomic E-state index is 0.0374. The molecule has 0 aliphatic heterocycles. The van der Waals surface area contributed by atoms with Gasteiger partial charge >= 0.3 is 11.9 Å². The maximum atomic E-state index is 13.4. The Hall–Kier alpha value is -4.26. The normalized spacial score (nSPS) is 14.1. The quantitative estimate of drug-likeness (QED) is 0.151. The summed E-state index contributed by atoms with van der Waals surface area (Å²) in [5.74, 6) is -4.46. The van der Waals surface area contributed by atoms with E-state index in [2.05, 4.69) is 25.9 Å². The number of carbonyl (C=O) groups is 5. The van der Waals surface area contributed by atoms with Crippen LogP contribution >= 0.6 is 0 Å². The number of H-pyrrole nitrogens is 1. The molecule has 0 radical (unpaired) electrons. The Bertz CT molecular complexity index is 1110.